The Morgan fingerprint density at radius 2 is 1.94 bits per heavy atom. The average Bonchev–Trinajstić information content (AvgIpc) is 2.07. The number of nitrogens with zero attached hydrogens (tertiary/aromatic N) is 1. The second kappa shape index (κ2) is 6.82. The van der Waals surface area contributed by atoms with E-state index < -0.39 is 16.0 Å². The van der Waals surface area contributed by atoms with E-state index in [9.17, 15) is 13.2 Å². The van der Waals surface area contributed by atoms with Crippen LogP contribution in [0.2, 0.25) is 0 Å². The Morgan fingerprint density at radius 3 is 2.31 bits per heavy atom. The van der Waals surface area contributed by atoms with Crippen molar-refractivity contribution < 1.29 is 18.3 Å². The molecule has 0 atom stereocenters. The molecule has 0 aliphatic carbocycles. The Labute approximate surface area is 96.5 Å². The third kappa shape index (κ3) is 8.63. The standard InChI is InChI=1S/C9H20N2O4S/c1-8(2)11(5-3-4-9(12)13)6-7-16(10,14)15/h8H,3-7H2,1-2H3,(H,12,13)(H2,10,14,15). The van der Waals surface area contributed by atoms with E-state index >= 15 is 0 Å². The van der Waals surface area contributed by atoms with E-state index in [1.807, 2.05) is 18.7 Å². The summed E-state index contributed by atoms with van der Waals surface area (Å²) in [7, 11) is -3.45. The molecule has 0 rings (SSSR count). The van der Waals surface area contributed by atoms with Crippen molar-refractivity contribution in [2.24, 2.45) is 5.14 Å². The summed E-state index contributed by atoms with van der Waals surface area (Å²) in [5.74, 6) is -0.937. The quantitative estimate of drug-likeness (QED) is 0.625. The second-order valence-electron chi connectivity index (χ2n) is 3.99. The van der Waals surface area contributed by atoms with Crippen LogP contribution < -0.4 is 5.14 Å². The maximum Gasteiger partial charge on any atom is 0.303 e. The van der Waals surface area contributed by atoms with Crippen molar-refractivity contribution in [3.05, 3.63) is 0 Å². The van der Waals surface area contributed by atoms with Gasteiger partial charge in [-0.2, -0.15) is 0 Å². The molecule has 96 valence electrons. The first-order valence-electron chi connectivity index (χ1n) is 5.18. The summed E-state index contributed by atoms with van der Waals surface area (Å²) >= 11 is 0. The fourth-order valence-corrected chi connectivity index (χ4v) is 1.80. The smallest absolute Gasteiger partial charge is 0.303 e. The summed E-state index contributed by atoms with van der Waals surface area (Å²) < 4.78 is 21.6. The molecular formula is C9H20N2O4S. The van der Waals surface area contributed by atoms with Crippen LogP contribution in [0.3, 0.4) is 0 Å². The van der Waals surface area contributed by atoms with Crippen molar-refractivity contribution in [2.75, 3.05) is 18.8 Å². The first kappa shape index (κ1) is 15.3. The summed E-state index contributed by atoms with van der Waals surface area (Å²) in [5.41, 5.74) is 0. The number of nitrogens with two attached hydrogens (primary N) is 1. The van der Waals surface area contributed by atoms with Gasteiger partial charge in [-0.05, 0) is 26.8 Å². The predicted octanol–water partition coefficient (Wildman–Crippen LogP) is -0.150. The molecule has 3 N–H and O–H groups in total. The lowest BCUT2D eigenvalue weighted by Crippen LogP contribution is -2.37. The van der Waals surface area contributed by atoms with Crippen LogP contribution in [0.25, 0.3) is 0 Å². The summed E-state index contributed by atoms with van der Waals surface area (Å²) in [5, 5.41) is 13.4. The first-order chi connectivity index (χ1) is 7.22. The van der Waals surface area contributed by atoms with Gasteiger partial charge in [0.05, 0.1) is 5.75 Å². The molecule has 0 aromatic heterocycles. The Morgan fingerprint density at radius 1 is 1.38 bits per heavy atom. The summed E-state index contributed by atoms with van der Waals surface area (Å²) in [4.78, 5) is 12.2. The number of hydrogen-bond acceptors (Lipinski definition) is 4. The molecule has 0 saturated carbocycles. The Balaban J connectivity index is 4.03. The van der Waals surface area contributed by atoms with Gasteiger partial charge in [-0.1, -0.05) is 0 Å². The van der Waals surface area contributed by atoms with Crippen molar-refractivity contribution in [1.82, 2.24) is 4.90 Å². The molecule has 0 heterocycles. The van der Waals surface area contributed by atoms with Gasteiger partial charge < -0.3 is 5.11 Å². The minimum absolute atomic E-state index is 0.0958. The van der Waals surface area contributed by atoms with Crippen molar-refractivity contribution in [3.8, 4) is 0 Å². The number of carbonyl (C=O) groups is 1. The van der Waals surface area contributed by atoms with Gasteiger partial charge in [0.25, 0.3) is 0 Å². The Bertz CT molecular complexity index is 313. The van der Waals surface area contributed by atoms with E-state index in [4.69, 9.17) is 10.2 Å². The van der Waals surface area contributed by atoms with Crippen molar-refractivity contribution in [2.45, 2.75) is 32.7 Å². The monoisotopic (exact) mass is 252 g/mol. The minimum atomic E-state index is -3.45. The van der Waals surface area contributed by atoms with Crippen LogP contribution >= 0.6 is 0 Å². The normalized spacial score (nSPS) is 12.3. The van der Waals surface area contributed by atoms with Crippen molar-refractivity contribution >= 4 is 16.0 Å². The molecule has 7 heteroatoms. The SMILES string of the molecule is CC(C)N(CCCC(=O)O)CCS(N)(=O)=O. The van der Waals surface area contributed by atoms with Gasteiger partial charge in [0.15, 0.2) is 0 Å². The molecule has 16 heavy (non-hydrogen) atoms. The topological polar surface area (TPSA) is 101 Å². The Hall–Kier alpha value is -0.660. The predicted molar refractivity (Wildman–Crippen MR) is 61.6 cm³/mol. The third-order valence-electron chi connectivity index (χ3n) is 2.23. The van der Waals surface area contributed by atoms with E-state index in [1.54, 1.807) is 0 Å². The number of carboxylic acids is 1. The number of aliphatic carboxylic acids is 1. The van der Waals surface area contributed by atoms with Gasteiger partial charge in [0.2, 0.25) is 10.0 Å². The van der Waals surface area contributed by atoms with E-state index in [2.05, 4.69) is 0 Å². The third-order valence-corrected chi connectivity index (χ3v) is 2.98. The summed E-state index contributed by atoms with van der Waals surface area (Å²) in [6, 6.07) is 0.176. The maximum absolute atomic E-state index is 10.8. The largest absolute Gasteiger partial charge is 0.481 e. The highest BCUT2D eigenvalue weighted by Gasteiger charge is 2.13. The van der Waals surface area contributed by atoms with Gasteiger partial charge in [-0.15, -0.1) is 0 Å². The average molecular weight is 252 g/mol. The van der Waals surface area contributed by atoms with Crippen LogP contribution in [0.1, 0.15) is 26.7 Å². The zero-order valence-electron chi connectivity index (χ0n) is 9.72. The molecule has 0 amide bonds. The number of rotatable bonds is 8. The highest BCUT2D eigenvalue weighted by Crippen LogP contribution is 2.02. The van der Waals surface area contributed by atoms with Crippen LogP contribution in [0.4, 0.5) is 0 Å². The first-order valence-corrected chi connectivity index (χ1v) is 6.90. The number of primary sulfonamides is 1. The summed E-state index contributed by atoms with van der Waals surface area (Å²) in [6.45, 7) is 4.78. The highest BCUT2D eigenvalue weighted by molar-refractivity contribution is 7.89. The molecule has 6 nitrogen and oxygen atoms in total. The molecule has 0 aromatic rings. The van der Waals surface area contributed by atoms with Crippen LogP contribution in [-0.2, 0) is 14.8 Å². The zero-order chi connectivity index (χ0) is 12.8. The zero-order valence-corrected chi connectivity index (χ0v) is 10.5. The second-order valence-corrected chi connectivity index (χ2v) is 5.73. The lowest BCUT2D eigenvalue weighted by molar-refractivity contribution is -0.137. The van der Waals surface area contributed by atoms with Gasteiger partial charge in [0, 0.05) is 19.0 Å². The van der Waals surface area contributed by atoms with Gasteiger partial charge in [0.1, 0.15) is 0 Å². The van der Waals surface area contributed by atoms with Crippen molar-refractivity contribution in [3.63, 3.8) is 0 Å². The van der Waals surface area contributed by atoms with Gasteiger partial charge in [-0.3, -0.25) is 9.69 Å². The lowest BCUT2D eigenvalue weighted by Gasteiger charge is -2.25. The van der Waals surface area contributed by atoms with E-state index in [0.717, 1.165) is 0 Å². The van der Waals surface area contributed by atoms with E-state index in [1.165, 1.54) is 0 Å². The van der Waals surface area contributed by atoms with Gasteiger partial charge in [-0.25, -0.2) is 13.6 Å². The summed E-state index contributed by atoms with van der Waals surface area (Å²) in [6.07, 6.45) is 0.608. The molecule has 0 saturated heterocycles. The highest BCUT2D eigenvalue weighted by atomic mass is 32.2. The molecule has 0 bridgehead atoms. The van der Waals surface area contributed by atoms with Gasteiger partial charge >= 0.3 is 5.97 Å². The lowest BCUT2D eigenvalue weighted by atomic mass is 10.2. The van der Waals surface area contributed by atoms with E-state index in [0.29, 0.717) is 19.5 Å². The molecule has 0 aliphatic rings. The van der Waals surface area contributed by atoms with Crippen LogP contribution in [0.15, 0.2) is 0 Å². The van der Waals surface area contributed by atoms with Crippen molar-refractivity contribution in [1.29, 1.82) is 0 Å². The maximum atomic E-state index is 10.8. The molecular weight excluding hydrogens is 232 g/mol. The van der Waals surface area contributed by atoms with Crippen LogP contribution in [-0.4, -0.2) is 49.3 Å². The molecule has 0 spiro atoms. The molecule has 0 unspecified atom stereocenters. The van der Waals surface area contributed by atoms with E-state index in [-0.39, 0.29) is 18.2 Å². The Kier molecular flexibility index (Phi) is 6.54. The molecule has 0 aliphatic heterocycles. The number of carboxylic acid groups (broad SMARTS) is 1. The number of hydrogen-bond donors (Lipinski definition) is 2. The molecule has 0 aromatic carbocycles. The minimum Gasteiger partial charge on any atom is -0.481 e. The fourth-order valence-electron chi connectivity index (χ4n) is 1.31. The van der Waals surface area contributed by atoms with Crippen LogP contribution in [0, 0.1) is 0 Å². The molecule has 0 fully saturated rings. The fraction of sp³-hybridized carbons (Fsp3) is 0.889. The van der Waals surface area contributed by atoms with Crippen LogP contribution in [0.5, 0.6) is 0 Å². The molecule has 0 radical (unpaired) electrons. The number of sulfonamides is 1.